The maximum absolute atomic E-state index is 12.4. The molecule has 0 saturated carbocycles. The number of amides is 2. The lowest BCUT2D eigenvalue weighted by atomic mass is 9.93. The summed E-state index contributed by atoms with van der Waals surface area (Å²) in [6.45, 7) is -0.670. The highest BCUT2D eigenvalue weighted by atomic mass is 32.2. The summed E-state index contributed by atoms with van der Waals surface area (Å²) in [6, 6.07) is 2.09. The van der Waals surface area contributed by atoms with Crippen molar-refractivity contribution in [3.05, 3.63) is 40.6 Å². The first kappa shape index (κ1) is 27.2. The molecular formula is C20H26N4O9S. The summed E-state index contributed by atoms with van der Waals surface area (Å²) in [7, 11) is 0. The first-order valence-electron chi connectivity index (χ1n) is 10.1. The molecule has 2 rings (SSSR count). The first-order chi connectivity index (χ1) is 16.0. The molecule has 0 saturated heterocycles. The predicted molar refractivity (Wildman–Crippen MR) is 120 cm³/mol. The maximum Gasteiger partial charge on any atom is 0.322 e. The van der Waals surface area contributed by atoms with Gasteiger partial charge < -0.3 is 36.9 Å². The van der Waals surface area contributed by atoms with Crippen LogP contribution in [0.5, 0.6) is 0 Å². The van der Waals surface area contributed by atoms with E-state index >= 15 is 0 Å². The van der Waals surface area contributed by atoms with Gasteiger partial charge >= 0.3 is 11.9 Å². The molecule has 186 valence electrons. The Labute approximate surface area is 198 Å². The predicted octanol–water partition coefficient (Wildman–Crippen LogP) is -1.87. The summed E-state index contributed by atoms with van der Waals surface area (Å²) in [6.07, 6.45) is 1.64. The number of quaternary nitrogens is 1. The molecule has 5 unspecified atom stereocenters. The Morgan fingerprint density at radius 2 is 1.94 bits per heavy atom. The van der Waals surface area contributed by atoms with Crippen molar-refractivity contribution in [2.45, 2.75) is 36.3 Å². The van der Waals surface area contributed by atoms with Gasteiger partial charge in [-0.15, -0.1) is 11.8 Å². The van der Waals surface area contributed by atoms with E-state index < -0.39 is 59.0 Å². The van der Waals surface area contributed by atoms with Gasteiger partial charge in [-0.3, -0.25) is 19.2 Å². The molecule has 1 aromatic rings. The molecule has 0 radical (unpaired) electrons. The number of hydrogen-bond acceptors (Lipinski definition) is 9. The summed E-state index contributed by atoms with van der Waals surface area (Å²) in [5, 5.41) is 52.0. The van der Waals surface area contributed by atoms with E-state index in [0.717, 1.165) is 11.8 Å². The van der Waals surface area contributed by atoms with Crippen molar-refractivity contribution in [2.24, 2.45) is 5.73 Å². The highest BCUT2D eigenvalue weighted by molar-refractivity contribution is 8.00. The summed E-state index contributed by atoms with van der Waals surface area (Å²) < 4.78 is 0. The highest BCUT2D eigenvalue weighted by Crippen LogP contribution is 2.37. The van der Waals surface area contributed by atoms with Crippen molar-refractivity contribution in [1.82, 2.24) is 10.6 Å². The Bertz CT molecular complexity index is 956. The number of nitrogens with two attached hydrogens (primary N) is 1. The van der Waals surface area contributed by atoms with Crippen LogP contribution in [0.3, 0.4) is 0 Å². The molecular weight excluding hydrogens is 472 g/mol. The van der Waals surface area contributed by atoms with Crippen molar-refractivity contribution >= 4 is 47.3 Å². The Morgan fingerprint density at radius 3 is 2.56 bits per heavy atom. The van der Waals surface area contributed by atoms with Gasteiger partial charge in [0.05, 0.1) is 11.4 Å². The zero-order chi connectivity index (χ0) is 25.4. The van der Waals surface area contributed by atoms with E-state index in [1.54, 1.807) is 18.2 Å². The number of thioether (sulfide) groups is 1. The van der Waals surface area contributed by atoms with E-state index in [0.29, 0.717) is 11.1 Å². The Hall–Kier alpha value is -3.01. The van der Waals surface area contributed by atoms with Crippen LogP contribution in [0, 0.1) is 5.21 Å². The molecule has 13 nitrogen and oxygen atoms in total. The molecule has 5 atom stereocenters. The molecule has 1 aliphatic carbocycles. The number of aliphatic hydroxyl groups excluding tert-OH is 1. The Kier molecular flexibility index (Phi) is 9.97. The first-order valence-corrected chi connectivity index (χ1v) is 11.2. The van der Waals surface area contributed by atoms with E-state index in [1.807, 2.05) is 0 Å². The number of carbonyl (C=O) groups excluding carboxylic acids is 2. The minimum Gasteiger partial charge on any atom is -0.595 e. The third kappa shape index (κ3) is 7.51. The zero-order valence-corrected chi connectivity index (χ0v) is 18.7. The fourth-order valence-corrected chi connectivity index (χ4v) is 4.35. The van der Waals surface area contributed by atoms with Crippen molar-refractivity contribution in [1.29, 1.82) is 0 Å². The van der Waals surface area contributed by atoms with Crippen molar-refractivity contribution < 1.29 is 44.9 Å². The topological polar surface area (TPSA) is 227 Å². The maximum atomic E-state index is 12.4. The fourth-order valence-electron chi connectivity index (χ4n) is 3.19. The van der Waals surface area contributed by atoms with Gasteiger partial charge in [-0.2, -0.15) is 5.23 Å². The second kappa shape index (κ2) is 12.5. The molecule has 14 heteroatoms. The van der Waals surface area contributed by atoms with Crippen LogP contribution in [0.15, 0.2) is 24.3 Å². The minimum absolute atomic E-state index is 0.0361. The molecule has 0 aliphatic heterocycles. The van der Waals surface area contributed by atoms with Gasteiger partial charge in [0.25, 0.3) is 0 Å². The second-order valence-corrected chi connectivity index (χ2v) is 8.64. The van der Waals surface area contributed by atoms with Gasteiger partial charge in [0.15, 0.2) is 5.69 Å². The number of aliphatic carboxylic acids is 2. The Morgan fingerprint density at radius 1 is 1.24 bits per heavy atom. The molecule has 1 aliphatic rings. The largest absolute Gasteiger partial charge is 0.595 e. The van der Waals surface area contributed by atoms with Gasteiger partial charge in [-0.05, 0) is 12.0 Å². The van der Waals surface area contributed by atoms with Crippen LogP contribution < -0.4 is 21.6 Å². The molecule has 2 amide bonds. The van der Waals surface area contributed by atoms with Gasteiger partial charge in [-0.1, -0.05) is 24.3 Å². The lowest BCUT2D eigenvalue weighted by molar-refractivity contribution is -0.991. The number of benzene rings is 1. The smallest absolute Gasteiger partial charge is 0.322 e. The monoisotopic (exact) mass is 498 g/mol. The molecule has 0 fully saturated rings. The number of hydrogen-bond donors (Lipinski definition) is 8. The molecule has 9 N–H and O–H groups in total. The molecule has 0 bridgehead atoms. The van der Waals surface area contributed by atoms with Crippen molar-refractivity contribution in [3.63, 3.8) is 0 Å². The van der Waals surface area contributed by atoms with Crippen LogP contribution >= 0.6 is 11.8 Å². The summed E-state index contributed by atoms with van der Waals surface area (Å²) in [5.41, 5.74) is 6.19. The van der Waals surface area contributed by atoms with Gasteiger partial charge in [0.1, 0.15) is 18.6 Å². The summed E-state index contributed by atoms with van der Waals surface area (Å²) >= 11 is 1.10. The normalized spacial score (nSPS) is 19.4. The number of nitrogens with one attached hydrogen (secondary N) is 3. The Balaban J connectivity index is 2.07. The highest BCUT2D eigenvalue weighted by Gasteiger charge is 2.30. The standard InChI is InChI=1S/C20H26N4O9S/c21-12(20(30)31)5-7-16(25)23-13(19(29)22-8-17(26)27)9-34-15-6-4-10-11(18(15)28)2-1-3-14(10)24(32)33/h1-4,6,12-13,15,18,24,28,32H,5,7-9,21H2,(H,22,29)(H,23,25)(H,26,27)(H,30,31). The number of fused-ring (bicyclic) bond motifs is 1. The van der Waals surface area contributed by atoms with Gasteiger partial charge in [0, 0.05) is 23.8 Å². The second-order valence-electron chi connectivity index (χ2n) is 7.43. The quantitative estimate of drug-likeness (QED) is 0.149. The molecule has 0 heterocycles. The van der Waals surface area contributed by atoms with Crippen LogP contribution in [-0.2, 0) is 19.2 Å². The van der Waals surface area contributed by atoms with Gasteiger partial charge in [0.2, 0.25) is 11.8 Å². The van der Waals surface area contributed by atoms with Crippen LogP contribution in [-0.4, -0.2) is 73.9 Å². The summed E-state index contributed by atoms with van der Waals surface area (Å²) in [5.74, 6) is -4.03. The fraction of sp³-hybridized carbons (Fsp3) is 0.400. The number of carboxylic acid groups (broad SMARTS) is 2. The number of carboxylic acids is 2. The molecule has 0 aromatic heterocycles. The third-order valence-electron chi connectivity index (χ3n) is 4.97. The van der Waals surface area contributed by atoms with E-state index in [1.165, 1.54) is 12.1 Å². The molecule has 0 spiro atoms. The van der Waals surface area contributed by atoms with Crippen molar-refractivity contribution in [3.8, 4) is 0 Å². The average molecular weight is 499 g/mol. The summed E-state index contributed by atoms with van der Waals surface area (Å²) in [4.78, 5) is 46.2. The van der Waals surface area contributed by atoms with Crippen LogP contribution in [0.1, 0.15) is 30.1 Å². The number of aliphatic hydroxyl groups is 1. The third-order valence-corrected chi connectivity index (χ3v) is 6.30. The van der Waals surface area contributed by atoms with Crippen LogP contribution in [0.2, 0.25) is 0 Å². The van der Waals surface area contributed by atoms with E-state index in [4.69, 9.17) is 15.9 Å². The molecule has 34 heavy (non-hydrogen) atoms. The number of rotatable bonds is 12. The van der Waals surface area contributed by atoms with E-state index in [-0.39, 0.29) is 24.3 Å². The van der Waals surface area contributed by atoms with Crippen LogP contribution in [0.4, 0.5) is 5.69 Å². The van der Waals surface area contributed by atoms with E-state index in [9.17, 15) is 34.7 Å². The van der Waals surface area contributed by atoms with Crippen molar-refractivity contribution in [2.75, 3.05) is 12.3 Å². The SMILES string of the molecule is NC(CCC(=O)NC(CSC1C=Cc2c(cccc2[NH+]([O-])O)C1O)C(=O)NCC(=O)O)C(=O)O. The molecule has 1 aromatic carbocycles. The number of carbonyl (C=O) groups is 4. The van der Waals surface area contributed by atoms with Crippen LogP contribution in [0.25, 0.3) is 6.08 Å². The average Bonchev–Trinajstić information content (AvgIpc) is 2.79. The zero-order valence-electron chi connectivity index (χ0n) is 17.8. The lowest BCUT2D eigenvalue weighted by Crippen LogP contribution is -2.99. The van der Waals surface area contributed by atoms with E-state index in [2.05, 4.69) is 10.6 Å². The lowest BCUT2D eigenvalue weighted by Gasteiger charge is -2.28. The van der Waals surface area contributed by atoms with Gasteiger partial charge in [-0.25, -0.2) is 5.21 Å². The minimum atomic E-state index is -1.28.